The lowest BCUT2D eigenvalue weighted by molar-refractivity contribution is -0.134. The second-order valence-electron chi connectivity index (χ2n) is 4.49. The van der Waals surface area contributed by atoms with Crippen molar-refractivity contribution >= 4 is 21.7 Å². The molecule has 0 bridgehead atoms. The maximum Gasteiger partial charge on any atom is 0.389 e. The van der Waals surface area contributed by atoms with Crippen LogP contribution in [0, 0.1) is 6.92 Å². The zero-order valence-corrected chi connectivity index (χ0v) is 11.9. The molecule has 0 aliphatic heterocycles. The van der Waals surface area contributed by atoms with Crippen LogP contribution in [-0.2, 0) is 10.0 Å². The Kier molecular flexibility index (Phi) is 5.21. The van der Waals surface area contributed by atoms with Gasteiger partial charge in [0, 0.05) is 6.42 Å². The van der Waals surface area contributed by atoms with Crippen LogP contribution < -0.4 is 4.72 Å². The molecular weight excluding hydrogens is 311 g/mol. The minimum atomic E-state index is -4.42. The summed E-state index contributed by atoms with van der Waals surface area (Å²) in [6.45, 7) is 1.63. The first kappa shape index (κ1) is 17.3. The minimum Gasteiger partial charge on any atom is -0.478 e. The van der Waals surface area contributed by atoms with E-state index in [0.717, 1.165) is 0 Å². The molecular formula is C12H14F3NO4S. The zero-order chi connectivity index (χ0) is 16.3. The Labute approximate surface area is 119 Å². The van der Waals surface area contributed by atoms with E-state index in [1.165, 1.54) is 18.2 Å². The van der Waals surface area contributed by atoms with Gasteiger partial charge in [-0.15, -0.1) is 0 Å². The van der Waals surface area contributed by atoms with Crippen molar-refractivity contribution < 1.29 is 31.5 Å². The van der Waals surface area contributed by atoms with Gasteiger partial charge < -0.3 is 5.11 Å². The molecule has 5 nitrogen and oxygen atoms in total. The molecule has 0 heterocycles. The molecule has 0 aliphatic carbocycles. The van der Waals surface area contributed by atoms with Crippen LogP contribution in [0.15, 0.2) is 18.2 Å². The van der Waals surface area contributed by atoms with E-state index >= 15 is 0 Å². The standard InChI is InChI=1S/C12H14F3NO4S/c1-8-3-4-10(9(7-8)11(17)18)16-21(19,20)6-2-5-12(13,14)15/h3-4,7,16H,2,5-6H2,1H3,(H,17,18). The fourth-order valence-electron chi connectivity index (χ4n) is 1.61. The van der Waals surface area contributed by atoms with E-state index in [1.807, 2.05) is 4.72 Å². The van der Waals surface area contributed by atoms with Crippen molar-refractivity contribution in [3.05, 3.63) is 29.3 Å². The number of carbonyl (C=O) groups is 1. The van der Waals surface area contributed by atoms with E-state index in [4.69, 9.17) is 5.11 Å². The smallest absolute Gasteiger partial charge is 0.389 e. The number of carboxylic acids is 1. The second-order valence-corrected chi connectivity index (χ2v) is 6.34. The average molecular weight is 325 g/mol. The van der Waals surface area contributed by atoms with Crippen LogP contribution in [-0.4, -0.2) is 31.4 Å². The van der Waals surface area contributed by atoms with E-state index in [-0.39, 0.29) is 11.3 Å². The quantitative estimate of drug-likeness (QED) is 0.842. The summed E-state index contributed by atoms with van der Waals surface area (Å²) in [4.78, 5) is 11.0. The molecule has 0 fully saturated rings. The Morgan fingerprint density at radius 2 is 1.95 bits per heavy atom. The van der Waals surface area contributed by atoms with Gasteiger partial charge in [-0.05, 0) is 25.5 Å². The van der Waals surface area contributed by atoms with E-state index in [0.29, 0.717) is 5.56 Å². The highest BCUT2D eigenvalue weighted by Gasteiger charge is 2.27. The summed E-state index contributed by atoms with van der Waals surface area (Å²) in [5, 5.41) is 8.99. The SMILES string of the molecule is Cc1ccc(NS(=O)(=O)CCCC(F)(F)F)c(C(=O)O)c1. The van der Waals surface area contributed by atoms with E-state index < -0.39 is 40.8 Å². The van der Waals surface area contributed by atoms with Crippen LogP contribution >= 0.6 is 0 Å². The monoisotopic (exact) mass is 325 g/mol. The third-order valence-corrected chi connectivity index (χ3v) is 3.90. The number of sulfonamides is 1. The van der Waals surface area contributed by atoms with E-state index in [9.17, 15) is 26.4 Å². The highest BCUT2D eigenvalue weighted by atomic mass is 32.2. The Hall–Kier alpha value is -1.77. The lowest BCUT2D eigenvalue weighted by Gasteiger charge is -2.11. The Morgan fingerprint density at radius 1 is 1.33 bits per heavy atom. The van der Waals surface area contributed by atoms with Gasteiger partial charge in [-0.2, -0.15) is 13.2 Å². The Morgan fingerprint density at radius 3 is 2.48 bits per heavy atom. The first-order valence-corrected chi connectivity index (χ1v) is 7.56. The summed E-state index contributed by atoms with van der Waals surface area (Å²) in [5.74, 6) is -2.06. The van der Waals surface area contributed by atoms with Crippen molar-refractivity contribution in [2.45, 2.75) is 25.9 Å². The van der Waals surface area contributed by atoms with Crippen LogP contribution in [0.2, 0.25) is 0 Å². The van der Waals surface area contributed by atoms with Crippen LogP contribution in [0.3, 0.4) is 0 Å². The second kappa shape index (κ2) is 6.33. The van der Waals surface area contributed by atoms with Crippen molar-refractivity contribution in [3.8, 4) is 0 Å². The number of halogens is 3. The largest absolute Gasteiger partial charge is 0.478 e. The molecule has 0 spiro atoms. The fourth-order valence-corrected chi connectivity index (χ4v) is 2.74. The number of alkyl halides is 3. The van der Waals surface area contributed by atoms with Crippen LogP contribution in [0.5, 0.6) is 0 Å². The number of hydrogen-bond acceptors (Lipinski definition) is 3. The molecule has 1 aromatic carbocycles. The van der Waals surface area contributed by atoms with Crippen LogP contribution in [0.4, 0.5) is 18.9 Å². The summed E-state index contributed by atoms with van der Waals surface area (Å²) >= 11 is 0. The van der Waals surface area contributed by atoms with Crippen molar-refractivity contribution in [1.29, 1.82) is 0 Å². The van der Waals surface area contributed by atoms with Crippen molar-refractivity contribution in [2.75, 3.05) is 10.5 Å². The van der Waals surface area contributed by atoms with Gasteiger partial charge in [-0.3, -0.25) is 4.72 Å². The summed E-state index contributed by atoms with van der Waals surface area (Å²) in [7, 11) is -4.04. The van der Waals surface area contributed by atoms with Gasteiger partial charge in [0.25, 0.3) is 0 Å². The number of nitrogens with one attached hydrogen (secondary N) is 1. The first-order valence-electron chi connectivity index (χ1n) is 5.91. The maximum absolute atomic E-state index is 12.0. The van der Waals surface area contributed by atoms with E-state index in [2.05, 4.69) is 0 Å². The summed E-state index contributed by atoms with van der Waals surface area (Å²) in [5.41, 5.74) is 0.196. The van der Waals surface area contributed by atoms with Gasteiger partial charge in [-0.1, -0.05) is 11.6 Å². The number of hydrogen-bond donors (Lipinski definition) is 2. The number of anilines is 1. The summed E-state index contributed by atoms with van der Waals surface area (Å²) in [6.07, 6.45) is -6.23. The van der Waals surface area contributed by atoms with Gasteiger partial charge >= 0.3 is 12.1 Å². The molecule has 0 saturated carbocycles. The number of aryl methyl sites for hydroxylation is 1. The average Bonchev–Trinajstić information content (AvgIpc) is 2.28. The zero-order valence-electron chi connectivity index (χ0n) is 11.1. The molecule has 1 aromatic rings. The predicted octanol–water partition coefficient (Wildman–Crippen LogP) is 2.78. The molecule has 0 aromatic heterocycles. The molecule has 118 valence electrons. The van der Waals surface area contributed by atoms with Gasteiger partial charge in [0.1, 0.15) is 0 Å². The Bertz CT molecular complexity index is 626. The number of benzene rings is 1. The van der Waals surface area contributed by atoms with Gasteiger partial charge in [-0.25, -0.2) is 13.2 Å². The lowest BCUT2D eigenvalue weighted by atomic mass is 10.1. The molecule has 0 aliphatic rings. The third kappa shape index (κ3) is 6.03. The predicted molar refractivity (Wildman–Crippen MR) is 70.8 cm³/mol. The molecule has 0 amide bonds. The molecule has 21 heavy (non-hydrogen) atoms. The summed E-state index contributed by atoms with van der Waals surface area (Å²) in [6, 6.07) is 4.04. The number of aromatic carboxylic acids is 1. The number of carboxylic acid groups (broad SMARTS) is 1. The topological polar surface area (TPSA) is 83.5 Å². The molecule has 1 rings (SSSR count). The highest BCUT2D eigenvalue weighted by Crippen LogP contribution is 2.23. The van der Waals surface area contributed by atoms with Gasteiger partial charge in [0.2, 0.25) is 10.0 Å². The lowest BCUT2D eigenvalue weighted by Crippen LogP contribution is -2.20. The van der Waals surface area contributed by atoms with Crippen molar-refractivity contribution in [2.24, 2.45) is 0 Å². The molecule has 0 unspecified atom stereocenters. The van der Waals surface area contributed by atoms with Crippen LogP contribution in [0.1, 0.15) is 28.8 Å². The maximum atomic E-state index is 12.0. The highest BCUT2D eigenvalue weighted by molar-refractivity contribution is 7.92. The third-order valence-electron chi connectivity index (χ3n) is 2.54. The summed E-state index contributed by atoms with van der Waals surface area (Å²) < 4.78 is 61.3. The molecule has 0 radical (unpaired) electrons. The molecule has 0 atom stereocenters. The van der Waals surface area contributed by atoms with Gasteiger partial charge in [0.05, 0.1) is 17.0 Å². The molecule has 0 saturated heterocycles. The van der Waals surface area contributed by atoms with E-state index in [1.54, 1.807) is 6.92 Å². The van der Waals surface area contributed by atoms with Gasteiger partial charge in [0.15, 0.2) is 0 Å². The molecule has 2 N–H and O–H groups in total. The van der Waals surface area contributed by atoms with Crippen LogP contribution in [0.25, 0.3) is 0 Å². The van der Waals surface area contributed by atoms with Crippen molar-refractivity contribution in [1.82, 2.24) is 0 Å². The fraction of sp³-hybridized carbons (Fsp3) is 0.417. The Balaban J connectivity index is 2.83. The normalized spacial score (nSPS) is 12.2. The van der Waals surface area contributed by atoms with Crippen molar-refractivity contribution in [3.63, 3.8) is 0 Å². The molecule has 9 heteroatoms. The minimum absolute atomic E-state index is 0.167. The number of rotatable bonds is 6. The first-order chi connectivity index (χ1) is 9.50.